The molecule has 0 aliphatic rings. The normalized spacial score (nSPS) is 11.9. The highest BCUT2D eigenvalue weighted by atomic mass is 32.1. The molecule has 0 aliphatic heterocycles. The topological polar surface area (TPSA) is 61.2 Å². The van der Waals surface area contributed by atoms with Gasteiger partial charge in [0.2, 0.25) is 5.95 Å². The molecule has 4 aromatic rings. The van der Waals surface area contributed by atoms with E-state index < -0.39 is 6.36 Å². The van der Waals surface area contributed by atoms with Crippen molar-refractivity contribution in [2.75, 3.05) is 12.4 Å². The van der Waals surface area contributed by atoms with Gasteiger partial charge in [0.25, 0.3) is 0 Å². The van der Waals surface area contributed by atoms with Crippen molar-refractivity contribution in [1.29, 1.82) is 0 Å². The molecule has 0 atom stereocenters. The molecule has 27 heavy (non-hydrogen) atoms. The van der Waals surface area contributed by atoms with Gasteiger partial charge in [-0.1, -0.05) is 17.4 Å². The van der Waals surface area contributed by atoms with Crippen LogP contribution in [0.4, 0.5) is 24.3 Å². The number of nitrogens with zero attached hydrogens (tertiary/aromatic N) is 3. The first kappa shape index (κ1) is 17.4. The molecule has 2 heterocycles. The predicted molar refractivity (Wildman–Crippen MR) is 96.9 cm³/mol. The number of methoxy groups -OCH3 is 1. The summed E-state index contributed by atoms with van der Waals surface area (Å²) in [6.07, 6.45) is -4.73. The summed E-state index contributed by atoms with van der Waals surface area (Å²) in [5.74, 6) is 0.910. The van der Waals surface area contributed by atoms with Gasteiger partial charge in [0.1, 0.15) is 17.0 Å². The third-order valence-electron chi connectivity index (χ3n) is 3.91. The SMILES string of the molecule is COc1cccc2c1nc(Nc1nc3ccc(OC(F)(F)F)cc3s1)n2C. The van der Waals surface area contributed by atoms with Crippen LogP contribution >= 0.6 is 11.3 Å². The van der Waals surface area contributed by atoms with E-state index in [1.54, 1.807) is 7.11 Å². The Morgan fingerprint density at radius 2 is 1.96 bits per heavy atom. The number of ether oxygens (including phenoxy) is 2. The summed E-state index contributed by atoms with van der Waals surface area (Å²) in [6, 6.07) is 9.62. The van der Waals surface area contributed by atoms with Gasteiger partial charge in [0.15, 0.2) is 5.13 Å². The van der Waals surface area contributed by atoms with Gasteiger partial charge in [-0.15, -0.1) is 13.2 Å². The number of fused-ring (bicyclic) bond motifs is 2. The largest absolute Gasteiger partial charge is 0.573 e. The van der Waals surface area contributed by atoms with Crippen molar-refractivity contribution in [3.63, 3.8) is 0 Å². The van der Waals surface area contributed by atoms with E-state index >= 15 is 0 Å². The number of thiazole rings is 1. The van der Waals surface area contributed by atoms with Gasteiger partial charge in [-0.2, -0.15) is 0 Å². The van der Waals surface area contributed by atoms with Crippen LogP contribution in [0.15, 0.2) is 36.4 Å². The lowest BCUT2D eigenvalue weighted by Crippen LogP contribution is -2.16. The van der Waals surface area contributed by atoms with Crippen LogP contribution in [0.25, 0.3) is 21.3 Å². The van der Waals surface area contributed by atoms with Crippen molar-refractivity contribution >= 4 is 43.7 Å². The number of rotatable bonds is 4. The quantitative estimate of drug-likeness (QED) is 0.537. The fraction of sp³-hybridized carbons (Fsp3) is 0.176. The molecule has 1 N–H and O–H groups in total. The third-order valence-corrected chi connectivity index (χ3v) is 4.84. The molecular formula is C17H13F3N4O2S. The molecule has 140 valence electrons. The molecule has 2 aromatic heterocycles. The molecule has 4 rings (SSSR count). The smallest absolute Gasteiger partial charge is 0.494 e. The first-order chi connectivity index (χ1) is 12.8. The van der Waals surface area contributed by atoms with Crippen LogP contribution < -0.4 is 14.8 Å². The second kappa shape index (κ2) is 6.31. The third kappa shape index (κ3) is 3.35. The van der Waals surface area contributed by atoms with Gasteiger partial charge in [0.05, 0.1) is 22.8 Å². The number of anilines is 2. The van der Waals surface area contributed by atoms with Crippen LogP contribution in [0.5, 0.6) is 11.5 Å². The van der Waals surface area contributed by atoms with Gasteiger partial charge < -0.3 is 19.4 Å². The van der Waals surface area contributed by atoms with E-state index in [1.165, 1.54) is 29.5 Å². The Morgan fingerprint density at radius 3 is 2.70 bits per heavy atom. The van der Waals surface area contributed by atoms with Crippen molar-refractivity contribution in [2.24, 2.45) is 7.05 Å². The molecule has 0 radical (unpaired) electrons. The monoisotopic (exact) mass is 394 g/mol. The maximum Gasteiger partial charge on any atom is 0.573 e. The van der Waals surface area contributed by atoms with E-state index in [0.717, 1.165) is 5.52 Å². The Labute approximate surface area is 155 Å². The summed E-state index contributed by atoms with van der Waals surface area (Å²) in [7, 11) is 3.42. The highest BCUT2D eigenvalue weighted by molar-refractivity contribution is 7.22. The zero-order valence-corrected chi connectivity index (χ0v) is 15.0. The minimum atomic E-state index is -4.73. The maximum atomic E-state index is 12.4. The van der Waals surface area contributed by atoms with E-state index in [1.807, 2.05) is 29.8 Å². The van der Waals surface area contributed by atoms with Crippen LogP contribution in [0.1, 0.15) is 0 Å². The van der Waals surface area contributed by atoms with Crippen LogP contribution in [0.3, 0.4) is 0 Å². The van der Waals surface area contributed by atoms with E-state index in [4.69, 9.17) is 4.74 Å². The van der Waals surface area contributed by atoms with E-state index in [2.05, 4.69) is 20.0 Å². The highest BCUT2D eigenvalue weighted by Gasteiger charge is 2.31. The first-order valence-electron chi connectivity index (χ1n) is 7.77. The summed E-state index contributed by atoms with van der Waals surface area (Å²) in [6.45, 7) is 0. The highest BCUT2D eigenvalue weighted by Crippen LogP contribution is 2.34. The number of alkyl halides is 3. The lowest BCUT2D eigenvalue weighted by Gasteiger charge is -2.07. The van der Waals surface area contributed by atoms with Crippen molar-refractivity contribution in [2.45, 2.75) is 6.36 Å². The summed E-state index contributed by atoms with van der Waals surface area (Å²) < 4.78 is 48.8. The number of nitrogens with one attached hydrogen (secondary N) is 1. The average molecular weight is 394 g/mol. The maximum absolute atomic E-state index is 12.4. The summed E-state index contributed by atoms with van der Waals surface area (Å²) >= 11 is 1.21. The van der Waals surface area contributed by atoms with E-state index in [-0.39, 0.29) is 5.75 Å². The molecule has 0 saturated heterocycles. The molecule has 0 amide bonds. The van der Waals surface area contributed by atoms with Crippen molar-refractivity contribution in [3.8, 4) is 11.5 Å². The molecule has 0 spiro atoms. The Hall–Kier alpha value is -3.01. The average Bonchev–Trinajstić information content (AvgIpc) is 3.14. The summed E-state index contributed by atoms with van der Waals surface area (Å²) in [5, 5.41) is 3.62. The Morgan fingerprint density at radius 1 is 1.15 bits per heavy atom. The summed E-state index contributed by atoms with van der Waals surface area (Å²) in [5.41, 5.74) is 2.14. The number of benzene rings is 2. The molecule has 6 nitrogen and oxygen atoms in total. The van der Waals surface area contributed by atoms with Gasteiger partial charge in [-0.25, -0.2) is 9.97 Å². The molecule has 0 bridgehead atoms. The fourth-order valence-corrected chi connectivity index (χ4v) is 3.60. The lowest BCUT2D eigenvalue weighted by molar-refractivity contribution is -0.274. The summed E-state index contributed by atoms with van der Waals surface area (Å²) in [4.78, 5) is 8.92. The van der Waals surface area contributed by atoms with Crippen LogP contribution in [0.2, 0.25) is 0 Å². The first-order valence-corrected chi connectivity index (χ1v) is 8.58. The molecule has 0 saturated carbocycles. The van der Waals surface area contributed by atoms with Crippen molar-refractivity contribution < 1.29 is 22.6 Å². The minimum absolute atomic E-state index is 0.280. The zero-order chi connectivity index (χ0) is 19.2. The van der Waals surface area contributed by atoms with Gasteiger partial charge >= 0.3 is 6.36 Å². The van der Waals surface area contributed by atoms with Crippen molar-refractivity contribution in [1.82, 2.24) is 14.5 Å². The Balaban J connectivity index is 1.67. The van der Waals surface area contributed by atoms with Gasteiger partial charge in [-0.05, 0) is 24.3 Å². The van der Waals surface area contributed by atoms with Gasteiger partial charge in [0, 0.05) is 13.1 Å². The molecule has 2 aromatic carbocycles. The molecule has 0 fully saturated rings. The number of aryl methyl sites for hydroxylation is 1. The minimum Gasteiger partial charge on any atom is -0.494 e. The van der Waals surface area contributed by atoms with Crippen LogP contribution in [-0.2, 0) is 7.05 Å². The second-order valence-corrected chi connectivity index (χ2v) is 6.67. The Kier molecular flexibility index (Phi) is 4.06. The number of halogens is 3. The standard InChI is InChI=1S/C17H13F3N4O2S/c1-24-11-4-3-5-12(25-2)14(11)22-15(24)23-16-21-10-7-6-9(8-13(10)27-16)26-17(18,19)20/h3-8H,1-2H3,(H,21,22,23). The molecule has 10 heteroatoms. The zero-order valence-electron chi connectivity index (χ0n) is 14.2. The van der Waals surface area contributed by atoms with Gasteiger partial charge in [-0.3, -0.25) is 0 Å². The fourth-order valence-electron chi connectivity index (χ4n) is 2.72. The predicted octanol–water partition coefficient (Wildman–Crippen LogP) is 4.83. The lowest BCUT2D eigenvalue weighted by atomic mass is 10.3. The number of aromatic nitrogens is 3. The van der Waals surface area contributed by atoms with Crippen molar-refractivity contribution in [3.05, 3.63) is 36.4 Å². The van der Waals surface area contributed by atoms with Crippen LogP contribution in [-0.4, -0.2) is 28.0 Å². The molecular weight excluding hydrogens is 381 g/mol. The number of imidazole rings is 1. The number of hydrogen-bond donors (Lipinski definition) is 1. The Bertz CT molecular complexity index is 1140. The molecule has 0 aliphatic carbocycles. The van der Waals surface area contributed by atoms with E-state index in [9.17, 15) is 13.2 Å². The second-order valence-electron chi connectivity index (χ2n) is 5.64. The van der Waals surface area contributed by atoms with Crippen LogP contribution in [0, 0.1) is 0 Å². The number of hydrogen-bond acceptors (Lipinski definition) is 6. The van der Waals surface area contributed by atoms with E-state index in [0.29, 0.717) is 32.6 Å². The molecule has 0 unspecified atom stereocenters. The number of para-hydroxylation sites is 1.